The third-order valence-corrected chi connectivity index (χ3v) is 2.63. The molecule has 1 aliphatic rings. The zero-order valence-corrected chi connectivity index (χ0v) is 9.95. The third kappa shape index (κ3) is 2.18. The summed E-state index contributed by atoms with van der Waals surface area (Å²) in [4.78, 5) is 8.28. The molecule has 2 N–H and O–H groups in total. The number of methoxy groups -OCH3 is 1. The Morgan fingerprint density at radius 3 is 3.00 bits per heavy atom. The molecule has 0 aromatic carbocycles. The summed E-state index contributed by atoms with van der Waals surface area (Å²) in [6.45, 7) is 5.32. The fourth-order valence-electron chi connectivity index (χ4n) is 1.97. The van der Waals surface area contributed by atoms with E-state index in [9.17, 15) is 0 Å². The minimum atomic E-state index is 0.423. The number of hydrogen-bond donors (Lipinski definition) is 2. The summed E-state index contributed by atoms with van der Waals surface area (Å²) in [5.41, 5.74) is 0.866. The van der Waals surface area contributed by atoms with Crippen LogP contribution in [0.1, 0.15) is 20.3 Å². The van der Waals surface area contributed by atoms with Crippen LogP contribution in [0.2, 0.25) is 0 Å². The summed E-state index contributed by atoms with van der Waals surface area (Å²) >= 11 is 0. The largest absolute Gasteiger partial charge is 0.479 e. The maximum Gasteiger partial charge on any atom is 0.242 e. The summed E-state index contributed by atoms with van der Waals surface area (Å²) < 4.78 is 5.18. The van der Waals surface area contributed by atoms with Crippen LogP contribution in [0.3, 0.4) is 0 Å². The van der Waals surface area contributed by atoms with E-state index in [1.807, 2.05) is 0 Å². The van der Waals surface area contributed by atoms with Crippen LogP contribution in [-0.4, -0.2) is 29.7 Å². The van der Waals surface area contributed by atoms with E-state index in [0.717, 1.165) is 24.5 Å². The van der Waals surface area contributed by atoms with Gasteiger partial charge in [-0.1, -0.05) is 13.8 Å². The van der Waals surface area contributed by atoms with Crippen molar-refractivity contribution in [2.45, 2.75) is 26.3 Å². The van der Waals surface area contributed by atoms with Crippen LogP contribution in [0.4, 0.5) is 11.5 Å². The van der Waals surface area contributed by atoms with Crippen LogP contribution in [0.15, 0.2) is 6.33 Å². The second kappa shape index (κ2) is 4.55. The van der Waals surface area contributed by atoms with Crippen LogP contribution >= 0.6 is 0 Å². The number of ether oxygens (including phenoxy) is 1. The van der Waals surface area contributed by atoms with Gasteiger partial charge >= 0.3 is 0 Å². The number of rotatable bonds is 3. The van der Waals surface area contributed by atoms with Gasteiger partial charge in [0.1, 0.15) is 12.0 Å². The van der Waals surface area contributed by atoms with Crippen molar-refractivity contribution in [1.82, 2.24) is 9.97 Å². The molecule has 0 spiro atoms. The van der Waals surface area contributed by atoms with Gasteiger partial charge in [-0.05, 0) is 12.3 Å². The van der Waals surface area contributed by atoms with Gasteiger partial charge < -0.3 is 15.4 Å². The molecular weight excluding hydrogens is 204 g/mol. The Bertz CT molecular complexity index is 367. The van der Waals surface area contributed by atoms with Crippen LogP contribution in [0.5, 0.6) is 5.88 Å². The van der Waals surface area contributed by atoms with Gasteiger partial charge in [0.15, 0.2) is 5.82 Å². The topological polar surface area (TPSA) is 59.1 Å². The molecule has 0 saturated carbocycles. The Kier molecular flexibility index (Phi) is 3.12. The maximum absolute atomic E-state index is 5.18. The Balaban J connectivity index is 2.15. The molecule has 2 heterocycles. The molecule has 1 unspecified atom stereocenters. The van der Waals surface area contributed by atoms with Crippen molar-refractivity contribution in [3.8, 4) is 5.88 Å². The molecule has 1 aliphatic heterocycles. The smallest absolute Gasteiger partial charge is 0.242 e. The van der Waals surface area contributed by atoms with Gasteiger partial charge in [0.25, 0.3) is 0 Å². The lowest BCUT2D eigenvalue weighted by molar-refractivity contribution is 0.397. The minimum absolute atomic E-state index is 0.423. The van der Waals surface area contributed by atoms with E-state index in [-0.39, 0.29) is 0 Å². The molecule has 0 amide bonds. The number of aromatic nitrogens is 2. The van der Waals surface area contributed by atoms with E-state index in [1.54, 1.807) is 7.11 Å². The molecule has 0 saturated heterocycles. The zero-order chi connectivity index (χ0) is 11.5. The molecule has 2 rings (SSSR count). The highest BCUT2D eigenvalue weighted by Gasteiger charge is 2.22. The first kappa shape index (κ1) is 11.0. The van der Waals surface area contributed by atoms with Crippen LogP contribution < -0.4 is 15.4 Å². The fourth-order valence-corrected chi connectivity index (χ4v) is 1.97. The van der Waals surface area contributed by atoms with E-state index in [4.69, 9.17) is 4.74 Å². The van der Waals surface area contributed by atoms with Gasteiger partial charge in [0, 0.05) is 12.6 Å². The highest BCUT2D eigenvalue weighted by atomic mass is 16.5. The Labute approximate surface area is 95.6 Å². The summed E-state index contributed by atoms with van der Waals surface area (Å²) in [5, 5.41) is 6.73. The van der Waals surface area contributed by atoms with E-state index in [2.05, 4.69) is 34.4 Å². The van der Waals surface area contributed by atoms with Crippen LogP contribution in [0, 0.1) is 5.92 Å². The van der Waals surface area contributed by atoms with E-state index < -0.39 is 0 Å². The SMILES string of the molecule is COc1ncnc2c1NCC(CC(C)C)N2. The second-order valence-corrected chi connectivity index (χ2v) is 4.46. The van der Waals surface area contributed by atoms with Crippen LogP contribution in [0.25, 0.3) is 0 Å². The second-order valence-electron chi connectivity index (χ2n) is 4.46. The average molecular weight is 222 g/mol. The van der Waals surface area contributed by atoms with Gasteiger partial charge in [0.2, 0.25) is 5.88 Å². The molecule has 0 fully saturated rings. The molecule has 0 aliphatic carbocycles. The number of nitrogens with one attached hydrogen (secondary N) is 2. The third-order valence-electron chi connectivity index (χ3n) is 2.63. The lowest BCUT2D eigenvalue weighted by Crippen LogP contribution is -2.34. The van der Waals surface area contributed by atoms with Crippen molar-refractivity contribution in [1.29, 1.82) is 0 Å². The predicted octanol–water partition coefficient (Wildman–Crippen LogP) is 1.74. The van der Waals surface area contributed by atoms with E-state index in [0.29, 0.717) is 17.8 Å². The molecule has 1 atom stereocenters. The Morgan fingerprint density at radius 1 is 1.50 bits per heavy atom. The van der Waals surface area contributed by atoms with Gasteiger partial charge in [-0.15, -0.1) is 0 Å². The molecule has 16 heavy (non-hydrogen) atoms. The average Bonchev–Trinajstić information content (AvgIpc) is 2.27. The number of fused-ring (bicyclic) bond motifs is 1. The number of hydrogen-bond acceptors (Lipinski definition) is 5. The van der Waals surface area contributed by atoms with Crippen molar-refractivity contribution in [3.05, 3.63) is 6.33 Å². The highest BCUT2D eigenvalue weighted by Crippen LogP contribution is 2.31. The predicted molar refractivity (Wildman–Crippen MR) is 63.9 cm³/mol. The molecular formula is C11H18N4O. The van der Waals surface area contributed by atoms with Crippen molar-refractivity contribution >= 4 is 11.5 Å². The Morgan fingerprint density at radius 2 is 2.31 bits per heavy atom. The first-order chi connectivity index (χ1) is 7.70. The van der Waals surface area contributed by atoms with E-state index in [1.165, 1.54) is 6.33 Å². The van der Waals surface area contributed by atoms with Gasteiger partial charge in [0.05, 0.1) is 7.11 Å². The number of anilines is 2. The summed E-state index contributed by atoms with van der Waals surface area (Å²) in [5.74, 6) is 2.11. The normalized spacial score (nSPS) is 18.6. The molecule has 0 radical (unpaired) electrons. The molecule has 5 nitrogen and oxygen atoms in total. The first-order valence-electron chi connectivity index (χ1n) is 5.60. The fraction of sp³-hybridized carbons (Fsp3) is 0.636. The lowest BCUT2D eigenvalue weighted by atomic mass is 10.0. The van der Waals surface area contributed by atoms with Gasteiger partial charge in [-0.25, -0.2) is 4.98 Å². The summed E-state index contributed by atoms with van der Waals surface area (Å²) in [6.07, 6.45) is 2.64. The van der Waals surface area contributed by atoms with Crippen molar-refractivity contribution in [2.24, 2.45) is 5.92 Å². The lowest BCUT2D eigenvalue weighted by Gasteiger charge is -2.28. The number of nitrogens with zero attached hydrogens (tertiary/aromatic N) is 2. The van der Waals surface area contributed by atoms with Crippen molar-refractivity contribution in [2.75, 3.05) is 24.3 Å². The molecule has 88 valence electrons. The van der Waals surface area contributed by atoms with Crippen LogP contribution in [-0.2, 0) is 0 Å². The maximum atomic E-state index is 5.18. The van der Waals surface area contributed by atoms with Crippen molar-refractivity contribution < 1.29 is 4.74 Å². The Hall–Kier alpha value is -1.52. The summed E-state index contributed by atoms with van der Waals surface area (Å²) in [7, 11) is 1.62. The van der Waals surface area contributed by atoms with Crippen molar-refractivity contribution in [3.63, 3.8) is 0 Å². The molecule has 1 aromatic heterocycles. The monoisotopic (exact) mass is 222 g/mol. The standard InChI is InChI=1S/C11H18N4O/c1-7(2)4-8-5-12-9-10(15-8)13-6-14-11(9)16-3/h6-8,12H,4-5H2,1-3H3,(H,13,14,15). The van der Waals surface area contributed by atoms with Gasteiger partial charge in [-0.2, -0.15) is 4.98 Å². The minimum Gasteiger partial charge on any atom is -0.479 e. The molecule has 0 bridgehead atoms. The first-order valence-corrected chi connectivity index (χ1v) is 5.60. The quantitative estimate of drug-likeness (QED) is 0.815. The van der Waals surface area contributed by atoms with Gasteiger partial charge in [-0.3, -0.25) is 0 Å². The summed E-state index contributed by atoms with van der Waals surface area (Å²) in [6, 6.07) is 0.423. The molecule has 5 heteroatoms. The zero-order valence-electron chi connectivity index (χ0n) is 9.95. The molecule has 1 aromatic rings. The van der Waals surface area contributed by atoms with E-state index >= 15 is 0 Å². The highest BCUT2D eigenvalue weighted by molar-refractivity contribution is 5.71.